The predicted octanol–water partition coefficient (Wildman–Crippen LogP) is 4.59. The molecule has 1 heterocycles. The van der Waals surface area contributed by atoms with Crippen LogP contribution in [0.2, 0.25) is 5.02 Å². The van der Waals surface area contributed by atoms with E-state index < -0.39 is 0 Å². The highest BCUT2D eigenvalue weighted by Crippen LogP contribution is 2.26. The van der Waals surface area contributed by atoms with Crippen LogP contribution in [0.4, 0.5) is 0 Å². The minimum Gasteiger partial charge on any atom is -0.271 e. The van der Waals surface area contributed by atoms with Crippen LogP contribution in [0.3, 0.4) is 0 Å². The Bertz CT molecular complexity index is 378. The molecule has 1 aromatic heterocycles. The maximum absolute atomic E-state index is 6.27. The molecule has 0 radical (unpaired) electrons. The molecule has 0 aliphatic rings. The first kappa shape index (κ1) is 18.5. The van der Waals surface area contributed by atoms with Gasteiger partial charge in [0.15, 0.2) is 0 Å². The SMILES string of the molecule is CCCCCCCCCC(NN)c1c(Cl)cnn1CCC. The molecule has 1 aromatic rings. The third-order valence-electron chi connectivity index (χ3n) is 3.90. The average Bonchev–Trinajstić information content (AvgIpc) is 2.84. The molecule has 1 unspecified atom stereocenters. The molecule has 4 nitrogen and oxygen atoms in total. The molecule has 5 heteroatoms. The molecule has 0 bridgehead atoms. The average molecular weight is 315 g/mol. The second-order valence-corrected chi connectivity index (χ2v) is 6.14. The van der Waals surface area contributed by atoms with Crippen molar-refractivity contribution in [3.8, 4) is 0 Å². The highest BCUT2D eigenvalue weighted by molar-refractivity contribution is 6.31. The smallest absolute Gasteiger partial charge is 0.0834 e. The van der Waals surface area contributed by atoms with E-state index in [9.17, 15) is 0 Å². The van der Waals surface area contributed by atoms with Crippen molar-refractivity contribution in [1.82, 2.24) is 15.2 Å². The molecular formula is C16H31ClN4. The Morgan fingerprint density at radius 3 is 2.43 bits per heavy atom. The van der Waals surface area contributed by atoms with Crippen molar-refractivity contribution in [1.29, 1.82) is 0 Å². The molecule has 0 fully saturated rings. The first-order valence-corrected chi connectivity index (χ1v) is 8.79. The first-order valence-electron chi connectivity index (χ1n) is 8.41. The zero-order valence-electron chi connectivity index (χ0n) is 13.6. The van der Waals surface area contributed by atoms with E-state index in [4.69, 9.17) is 17.4 Å². The van der Waals surface area contributed by atoms with Gasteiger partial charge in [0.05, 0.1) is 23.0 Å². The summed E-state index contributed by atoms with van der Waals surface area (Å²) in [6.45, 7) is 5.28. The summed E-state index contributed by atoms with van der Waals surface area (Å²) in [6.07, 6.45) is 12.9. The number of hydrazine groups is 1. The van der Waals surface area contributed by atoms with Gasteiger partial charge in [0.25, 0.3) is 0 Å². The van der Waals surface area contributed by atoms with Gasteiger partial charge in [0, 0.05) is 6.54 Å². The number of nitrogens with one attached hydrogen (secondary N) is 1. The molecule has 122 valence electrons. The zero-order valence-corrected chi connectivity index (χ0v) is 14.3. The van der Waals surface area contributed by atoms with Gasteiger partial charge in [-0.3, -0.25) is 16.0 Å². The van der Waals surface area contributed by atoms with Gasteiger partial charge in [-0.1, -0.05) is 70.4 Å². The van der Waals surface area contributed by atoms with Crippen LogP contribution in [0, 0.1) is 0 Å². The number of aromatic nitrogens is 2. The van der Waals surface area contributed by atoms with Gasteiger partial charge < -0.3 is 0 Å². The van der Waals surface area contributed by atoms with E-state index in [1.165, 1.54) is 44.9 Å². The Morgan fingerprint density at radius 1 is 1.14 bits per heavy atom. The first-order chi connectivity index (χ1) is 10.2. The second-order valence-electron chi connectivity index (χ2n) is 5.73. The summed E-state index contributed by atoms with van der Waals surface area (Å²) in [5.74, 6) is 5.73. The van der Waals surface area contributed by atoms with Crippen LogP contribution < -0.4 is 11.3 Å². The molecule has 0 amide bonds. The van der Waals surface area contributed by atoms with E-state index in [2.05, 4.69) is 24.4 Å². The van der Waals surface area contributed by atoms with Gasteiger partial charge in [-0.25, -0.2) is 0 Å². The number of hydrogen-bond acceptors (Lipinski definition) is 3. The monoisotopic (exact) mass is 314 g/mol. The summed E-state index contributed by atoms with van der Waals surface area (Å²) in [4.78, 5) is 0. The maximum atomic E-state index is 6.27. The molecule has 1 atom stereocenters. The van der Waals surface area contributed by atoms with E-state index in [1.54, 1.807) is 6.20 Å². The van der Waals surface area contributed by atoms with Gasteiger partial charge in [0.1, 0.15) is 0 Å². The van der Waals surface area contributed by atoms with Crippen molar-refractivity contribution in [2.75, 3.05) is 0 Å². The summed E-state index contributed by atoms with van der Waals surface area (Å²) >= 11 is 6.27. The van der Waals surface area contributed by atoms with Crippen molar-refractivity contribution in [3.63, 3.8) is 0 Å². The van der Waals surface area contributed by atoms with Crippen molar-refractivity contribution in [2.45, 2.75) is 84.2 Å². The summed E-state index contributed by atoms with van der Waals surface area (Å²) in [5.41, 5.74) is 3.94. The molecule has 3 N–H and O–H groups in total. The van der Waals surface area contributed by atoms with Crippen molar-refractivity contribution in [2.24, 2.45) is 5.84 Å². The summed E-state index contributed by atoms with van der Waals surface area (Å²) in [6, 6.07) is 0.0993. The van der Waals surface area contributed by atoms with Gasteiger partial charge in [-0.15, -0.1) is 0 Å². The lowest BCUT2D eigenvalue weighted by Gasteiger charge is -2.18. The fourth-order valence-electron chi connectivity index (χ4n) is 2.71. The number of aryl methyl sites for hydroxylation is 1. The Kier molecular flexibility index (Phi) is 9.72. The van der Waals surface area contributed by atoms with Crippen LogP contribution in [0.5, 0.6) is 0 Å². The number of unbranched alkanes of at least 4 members (excludes halogenated alkanes) is 6. The molecule has 0 saturated heterocycles. The number of rotatable bonds is 12. The highest BCUT2D eigenvalue weighted by Gasteiger charge is 2.18. The Labute approximate surface area is 134 Å². The molecule has 0 aromatic carbocycles. The predicted molar refractivity (Wildman–Crippen MR) is 90.2 cm³/mol. The minimum absolute atomic E-state index is 0.0993. The van der Waals surface area contributed by atoms with Gasteiger partial charge in [0.2, 0.25) is 0 Å². The van der Waals surface area contributed by atoms with Crippen LogP contribution >= 0.6 is 11.6 Å². The van der Waals surface area contributed by atoms with Crippen LogP contribution in [-0.4, -0.2) is 9.78 Å². The lowest BCUT2D eigenvalue weighted by atomic mass is 10.0. The van der Waals surface area contributed by atoms with Crippen LogP contribution in [-0.2, 0) is 6.54 Å². The fourth-order valence-corrected chi connectivity index (χ4v) is 2.99. The van der Waals surface area contributed by atoms with Gasteiger partial charge in [-0.05, 0) is 12.8 Å². The number of hydrogen-bond donors (Lipinski definition) is 2. The molecular weight excluding hydrogens is 284 g/mol. The molecule has 0 saturated carbocycles. The highest BCUT2D eigenvalue weighted by atomic mass is 35.5. The standard InChI is InChI=1S/C16H31ClN4/c1-3-5-6-7-8-9-10-11-15(20-18)16-14(17)13-19-21(16)12-4-2/h13,15,20H,3-12,18H2,1-2H3. The topological polar surface area (TPSA) is 55.9 Å². The van der Waals surface area contributed by atoms with E-state index >= 15 is 0 Å². The lowest BCUT2D eigenvalue weighted by molar-refractivity contribution is 0.436. The van der Waals surface area contributed by atoms with Crippen LogP contribution in [0.25, 0.3) is 0 Å². The van der Waals surface area contributed by atoms with Crippen LogP contribution in [0.15, 0.2) is 6.20 Å². The van der Waals surface area contributed by atoms with Crippen molar-refractivity contribution in [3.05, 3.63) is 16.9 Å². The normalized spacial score (nSPS) is 12.8. The molecule has 21 heavy (non-hydrogen) atoms. The Hall–Kier alpha value is -0.580. The lowest BCUT2D eigenvalue weighted by Crippen LogP contribution is -2.30. The van der Waals surface area contributed by atoms with Crippen molar-refractivity contribution >= 4 is 11.6 Å². The zero-order chi connectivity index (χ0) is 15.5. The maximum Gasteiger partial charge on any atom is 0.0834 e. The fraction of sp³-hybridized carbons (Fsp3) is 0.812. The third kappa shape index (κ3) is 6.37. The number of halogens is 1. The van der Waals surface area contributed by atoms with Crippen LogP contribution in [0.1, 0.15) is 83.4 Å². The van der Waals surface area contributed by atoms with E-state index in [0.29, 0.717) is 5.02 Å². The quantitative estimate of drug-likeness (QED) is 0.337. The summed E-state index contributed by atoms with van der Waals surface area (Å²) < 4.78 is 1.98. The molecule has 0 aliphatic carbocycles. The Morgan fingerprint density at radius 2 is 1.81 bits per heavy atom. The van der Waals surface area contributed by atoms with Gasteiger partial charge >= 0.3 is 0 Å². The third-order valence-corrected chi connectivity index (χ3v) is 4.19. The van der Waals surface area contributed by atoms with E-state index in [-0.39, 0.29) is 6.04 Å². The van der Waals surface area contributed by atoms with E-state index in [0.717, 1.165) is 25.1 Å². The second kappa shape index (κ2) is 11.0. The minimum atomic E-state index is 0.0993. The Balaban J connectivity index is 2.39. The largest absolute Gasteiger partial charge is 0.271 e. The number of nitrogens with two attached hydrogens (primary N) is 1. The molecule has 1 rings (SSSR count). The molecule has 0 spiro atoms. The van der Waals surface area contributed by atoms with Crippen molar-refractivity contribution < 1.29 is 0 Å². The summed E-state index contributed by atoms with van der Waals surface area (Å²) in [5, 5.41) is 5.06. The summed E-state index contributed by atoms with van der Waals surface area (Å²) in [7, 11) is 0. The molecule has 0 aliphatic heterocycles. The number of nitrogens with zero attached hydrogens (tertiary/aromatic N) is 2. The van der Waals surface area contributed by atoms with Gasteiger partial charge in [-0.2, -0.15) is 5.10 Å². The van der Waals surface area contributed by atoms with E-state index in [1.807, 2.05) is 4.68 Å².